The molecule has 1 amide bonds. The summed E-state index contributed by atoms with van der Waals surface area (Å²) in [6, 6.07) is 13.5. The van der Waals surface area contributed by atoms with E-state index in [1.807, 2.05) is 38.1 Å². The molecular formula is C21H26N2O4S. The van der Waals surface area contributed by atoms with Crippen molar-refractivity contribution in [3.63, 3.8) is 0 Å². The second kappa shape index (κ2) is 8.32. The van der Waals surface area contributed by atoms with E-state index in [0.717, 1.165) is 17.7 Å². The Hall–Kier alpha value is -2.38. The zero-order valence-electron chi connectivity index (χ0n) is 16.4. The first-order chi connectivity index (χ1) is 13.3. The van der Waals surface area contributed by atoms with E-state index < -0.39 is 16.1 Å². The second-order valence-corrected chi connectivity index (χ2v) is 8.99. The number of para-hydroxylation sites is 1. The van der Waals surface area contributed by atoms with E-state index >= 15 is 0 Å². The zero-order valence-corrected chi connectivity index (χ0v) is 17.2. The predicted molar refractivity (Wildman–Crippen MR) is 109 cm³/mol. The number of methoxy groups -OCH3 is 1. The molecule has 1 aliphatic rings. The van der Waals surface area contributed by atoms with Crippen molar-refractivity contribution in [1.29, 1.82) is 0 Å². The van der Waals surface area contributed by atoms with E-state index in [4.69, 9.17) is 4.74 Å². The Labute approximate surface area is 166 Å². The van der Waals surface area contributed by atoms with Crippen molar-refractivity contribution in [3.05, 3.63) is 54.1 Å². The van der Waals surface area contributed by atoms with Gasteiger partial charge in [-0.15, -0.1) is 0 Å². The Morgan fingerprint density at radius 3 is 2.46 bits per heavy atom. The number of carbonyl (C=O) groups is 1. The maximum Gasteiger partial charge on any atom is 0.240 e. The third-order valence-electron chi connectivity index (χ3n) is 5.06. The normalized spacial score (nSPS) is 14.8. The van der Waals surface area contributed by atoms with Crippen LogP contribution in [0.15, 0.2) is 53.4 Å². The van der Waals surface area contributed by atoms with Crippen molar-refractivity contribution < 1.29 is 17.9 Å². The van der Waals surface area contributed by atoms with E-state index in [-0.39, 0.29) is 23.1 Å². The molecule has 2 aromatic carbocycles. The fraction of sp³-hybridized carbons (Fsp3) is 0.381. The molecule has 1 N–H and O–H groups in total. The second-order valence-electron chi connectivity index (χ2n) is 7.28. The highest BCUT2D eigenvalue weighted by molar-refractivity contribution is 7.89. The summed E-state index contributed by atoms with van der Waals surface area (Å²) in [6.07, 6.45) is 0.938. The third kappa shape index (κ3) is 4.36. The van der Waals surface area contributed by atoms with Gasteiger partial charge in [0.25, 0.3) is 0 Å². The minimum atomic E-state index is -3.74. The number of benzene rings is 2. The highest BCUT2D eigenvalue weighted by Crippen LogP contribution is 2.28. The first-order valence-electron chi connectivity index (χ1n) is 9.36. The lowest BCUT2D eigenvalue weighted by Gasteiger charge is -2.25. The highest BCUT2D eigenvalue weighted by Gasteiger charge is 2.29. The average molecular weight is 403 g/mol. The molecule has 0 saturated carbocycles. The van der Waals surface area contributed by atoms with Gasteiger partial charge in [0, 0.05) is 24.7 Å². The lowest BCUT2D eigenvalue weighted by molar-refractivity contribution is -0.119. The predicted octanol–water partition coefficient (Wildman–Crippen LogP) is 2.98. The van der Waals surface area contributed by atoms with Crippen LogP contribution in [0.1, 0.15) is 25.8 Å². The molecule has 2 aromatic rings. The van der Waals surface area contributed by atoms with Crippen molar-refractivity contribution in [2.24, 2.45) is 5.92 Å². The van der Waals surface area contributed by atoms with Crippen LogP contribution >= 0.6 is 0 Å². The molecule has 7 heteroatoms. The molecular weight excluding hydrogens is 376 g/mol. The first-order valence-corrected chi connectivity index (χ1v) is 10.8. The summed E-state index contributed by atoms with van der Waals surface area (Å²) in [5.74, 6) is 0.484. The number of ether oxygens (including phenoxy) is 1. The van der Waals surface area contributed by atoms with Gasteiger partial charge in [0.2, 0.25) is 15.9 Å². The van der Waals surface area contributed by atoms with E-state index in [9.17, 15) is 13.2 Å². The summed E-state index contributed by atoms with van der Waals surface area (Å²) in [5.41, 5.74) is 2.07. The van der Waals surface area contributed by atoms with Gasteiger partial charge in [-0.25, -0.2) is 13.1 Å². The standard InChI is InChI=1S/C21H26N2O4S/c1-15(2)19(22-28(25,26)18-10-8-17(27-3)9-11-18)14-21(24)23-13-12-16-6-4-5-7-20(16)23/h4-11,15,19,22H,12-14H2,1-3H3/t19-/m0/s1. The Bertz CT molecular complexity index is 939. The summed E-state index contributed by atoms with van der Waals surface area (Å²) in [6.45, 7) is 4.45. The number of amides is 1. The number of anilines is 1. The van der Waals surface area contributed by atoms with E-state index in [2.05, 4.69) is 4.72 Å². The molecule has 0 aromatic heterocycles. The van der Waals surface area contributed by atoms with Gasteiger partial charge < -0.3 is 9.64 Å². The Morgan fingerprint density at radius 1 is 1.14 bits per heavy atom. The third-order valence-corrected chi connectivity index (χ3v) is 6.57. The Kier molecular flexibility index (Phi) is 6.05. The summed E-state index contributed by atoms with van der Waals surface area (Å²) < 4.78 is 33.3. The molecule has 28 heavy (non-hydrogen) atoms. The van der Waals surface area contributed by atoms with Crippen LogP contribution in [-0.4, -0.2) is 34.0 Å². The summed E-state index contributed by atoms with van der Waals surface area (Å²) in [7, 11) is -2.21. The molecule has 6 nitrogen and oxygen atoms in total. The molecule has 0 bridgehead atoms. The number of carbonyl (C=O) groups excluding carboxylic acids is 1. The number of nitrogens with zero attached hydrogens (tertiary/aromatic N) is 1. The first kappa shape index (κ1) is 20.4. The van der Waals surface area contributed by atoms with Crippen LogP contribution in [0.5, 0.6) is 5.75 Å². The van der Waals surface area contributed by atoms with Gasteiger partial charge in [-0.05, 0) is 48.2 Å². The van der Waals surface area contributed by atoms with Crippen LogP contribution in [0, 0.1) is 5.92 Å². The van der Waals surface area contributed by atoms with Crippen molar-refractivity contribution in [2.75, 3.05) is 18.6 Å². The van der Waals surface area contributed by atoms with Crippen LogP contribution in [0.2, 0.25) is 0 Å². The molecule has 0 unspecified atom stereocenters. The minimum absolute atomic E-state index is 0.0326. The molecule has 150 valence electrons. The topological polar surface area (TPSA) is 75.7 Å². The van der Waals surface area contributed by atoms with E-state index in [1.54, 1.807) is 17.0 Å². The molecule has 0 saturated heterocycles. The largest absolute Gasteiger partial charge is 0.497 e. The molecule has 1 atom stereocenters. The molecule has 0 radical (unpaired) electrons. The quantitative estimate of drug-likeness (QED) is 0.773. The SMILES string of the molecule is COc1ccc(S(=O)(=O)N[C@@H](CC(=O)N2CCc3ccccc32)C(C)C)cc1. The van der Waals surface area contributed by atoms with Gasteiger partial charge in [-0.1, -0.05) is 32.0 Å². The van der Waals surface area contributed by atoms with Crippen LogP contribution < -0.4 is 14.4 Å². The number of hydrogen-bond acceptors (Lipinski definition) is 4. The zero-order chi connectivity index (χ0) is 20.3. The Balaban J connectivity index is 1.74. The maximum atomic E-state index is 12.9. The summed E-state index contributed by atoms with van der Waals surface area (Å²) in [4.78, 5) is 14.8. The average Bonchev–Trinajstić information content (AvgIpc) is 3.11. The molecule has 1 heterocycles. The lowest BCUT2D eigenvalue weighted by Crippen LogP contribution is -2.43. The van der Waals surface area contributed by atoms with Crippen LogP contribution in [-0.2, 0) is 21.2 Å². The smallest absolute Gasteiger partial charge is 0.240 e. The molecule has 0 aliphatic carbocycles. The highest BCUT2D eigenvalue weighted by atomic mass is 32.2. The van der Waals surface area contributed by atoms with Crippen molar-refractivity contribution >= 4 is 21.6 Å². The van der Waals surface area contributed by atoms with Gasteiger partial charge in [0.1, 0.15) is 5.75 Å². The van der Waals surface area contributed by atoms with Crippen LogP contribution in [0.25, 0.3) is 0 Å². The van der Waals surface area contributed by atoms with Crippen molar-refractivity contribution in [3.8, 4) is 5.75 Å². The molecule has 1 aliphatic heterocycles. The fourth-order valence-electron chi connectivity index (χ4n) is 3.33. The molecule has 3 rings (SSSR count). The minimum Gasteiger partial charge on any atom is -0.497 e. The number of sulfonamides is 1. The molecule has 0 fully saturated rings. The van der Waals surface area contributed by atoms with Gasteiger partial charge in [0.05, 0.1) is 12.0 Å². The van der Waals surface area contributed by atoms with Gasteiger partial charge in [-0.2, -0.15) is 0 Å². The maximum absolute atomic E-state index is 12.9. The van der Waals surface area contributed by atoms with E-state index in [1.165, 1.54) is 19.2 Å². The summed E-state index contributed by atoms with van der Waals surface area (Å²) in [5, 5.41) is 0. The Morgan fingerprint density at radius 2 is 1.82 bits per heavy atom. The monoisotopic (exact) mass is 402 g/mol. The van der Waals surface area contributed by atoms with Gasteiger partial charge in [0.15, 0.2) is 0 Å². The fourth-order valence-corrected chi connectivity index (χ4v) is 4.72. The lowest BCUT2D eigenvalue weighted by atomic mass is 10.0. The summed E-state index contributed by atoms with van der Waals surface area (Å²) >= 11 is 0. The van der Waals surface area contributed by atoms with Crippen molar-refractivity contribution in [1.82, 2.24) is 4.72 Å². The van der Waals surface area contributed by atoms with Crippen molar-refractivity contribution in [2.45, 2.75) is 37.6 Å². The van der Waals surface area contributed by atoms with Crippen LogP contribution in [0.3, 0.4) is 0 Å². The van der Waals surface area contributed by atoms with Gasteiger partial charge in [-0.3, -0.25) is 4.79 Å². The number of rotatable bonds is 7. The van der Waals surface area contributed by atoms with E-state index in [0.29, 0.717) is 12.3 Å². The number of hydrogen-bond donors (Lipinski definition) is 1. The van der Waals surface area contributed by atoms with Crippen LogP contribution in [0.4, 0.5) is 5.69 Å². The number of fused-ring (bicyclic) bond motifs is 1. The number of nitrogens with one attached hydrogen (secondary N) is 1. The molecule has 0 spiro atoms. The van der Waals surface area contributed by atoms with Gasteiger partial charge >= 0.3 is 0 Å².